The lowest BCUT2D eigenvalue weighted by molar-refractivity contribution is -0.361. The van der Waals surface area contributed by atoms with Crippen molar-refractivity contribution < 1.29 is 33.3 Å². The van der Waals surface area contributed by atoms with Crippen molar-refractivity contribution >= 4 is 11.8 Å². The first-order chi connectivity index (χ1) is 15.3. The van der Waals surface area contributed by atoms with Gasteiger partial charge in [-0.2, -0.15) is 0 Å². The zero-order valence-electron chi connectivity index (χ0n) is 19.7. The Morgan fingerprint density at radius 2 is 1.97 bits per heavy atom. The van der Waals surface area contributed by atoms with E-state index in [1.165, 1.54) is 18.2 Å². The molecular formula is C26H39F2NO5. The number of allylic oxidation sites excluding steroid dienone is 2. The summed E-state index contributed by atoms with van der Waals surface area (Å²) >= 11 is 0. The predicted octanol–water partition coefficient (Wildman–Crippen LogP) is 3.91. The van der Waals surface area contributed by atoms with Crippen LogP contribution in [-0.2, 0) is 14.3 Å². The Morgan fingerprint density at radius 3 is 2.53 bits per heavy atom. The summed E-state index contributed by atoms with van der Waals surface area (Å²) in [6.07, 6.45) is 2.89. The van der Waals surface area contributed by atoms with Crippen molar-refractivity contribution in [3.8, 4) is 0 Å². The fraction of sp³-hybridized carbons (Fsp3) is 0.769. The molecular weight excluding hydrogens is 444 g/mol. The summed E-state index contributed by atoms with van der Waals surface area (Å²) in [5.41, 5.74) is 1.62. The largest absolute Gasteiger partial charge is 0.481 e. The van der Waals surface area contributed by atoms with Gasteiger partial charge in [0.15, 0.2) is 11.5 Å². The molecule has 3 saturated carbocycles. The number of carbonyl (C=O) groups is 2. The molecule has 0 amide bonds. The van der Waals surface area contributed by atoms with Crippen molar-refractivity contribution in [2.75, 3.05) is 0 Å². The van der Waals surface area contributed by atoms with Gasteiger partial charge >= 0.3 is 5.97 Å². The van der Waals surface area contributed by atoms with Crippen LogP contribution in [-0.4, -0.2) is 57.2 Å². The van der Waals surface area contributed by atoms with Crippen LogP contribution in [0.5, 0.6) is 0 Å². The van der Waals surface area contributed by atoms with Gasteiger partial charge in [0.1, 0.15) is 11.8 Å². The van der Waals surface area contributed by atoms with Crippen molar-refractivity contribution in [2.45, 2.75) is 102 Å². The molecule has 8 unspecified atom stereocenters. The summed E-state index contributed by atoms with van der Waals surface area (Å²) in [7, 11) is 0. The molecule has 0 aromatic heterocycles. The number of aliphatic carboxylic acids is 1. The molecule has 1 heterocycles. The Hall–Kier alpha value is -1.64. The van der Waals surface area contributed by atoms with E-state index in [0.29, 0.717) is 19.3 Å². The standard InChI is InChI=1S/C22H29F2NO3.C3H6O2.CH4/c1-4-15(27)18-11(2)7-16-19(18,3)10-17-22(24)20(16,25)9-14(23)13-8-12(26)5-6-21(13,22)28-17;1-2-3(4)5;/h5-6,8,11,14-18,27H,4,7,9-10,25H2,1-3H3;2H2,1H3,(H,4,5);1H4/t11?,14-,15?,16?,17?,18?,19?,20?,21?,22+;;/m0../s1. The summed E-state index contributed by atoms with van der Waals surface area (Å²) in [5, 5.41) is 18.5. The first kappa shape index (κ1) is 27.0. The molecule has 1 spiro atoms. The maximum atomic E-state index is 16.9. The van der Waals surface area contributed by atoms with Crippen molar-refractivity contribution in [3.63, 3.8) is 0 Å². The van der Waals surface area contributed by atoms with E-state index in [-0.39, 0.29) is 49.4 Å². The average Bonchev–Trinajstić information content (AvgIpc) is 3.03. The second kappa shape index (κ2) is 8.49. The highest BCUT2D eigenvalue weighted by Crippen LogP contribution is 2.74. The summed E-state index contributed by atoms with van der Waals surface area (Å²) < 4.78 is 38.3. The number of ketones is 1. The molecule has 0 radical (unpaired) electrons. The Morgan fingerprint density at radius 1 is 1.35 bits per heavy atom. The average molecular weight is 484 g/mol. The number of carboxylic acid groups (broad SMARTS) is 1. The molecule has 192 valence electrons. The van der Waals surface area contributed by atoms with Crippen LogP contribution in [0.25, 0.3) is 0 Å². The highest BCUT2D eigenvalue weighted by atomic mass is 19.1. The van der Waals surface area contributed by atoms with Gasteiger partial charge in [0.05, 0.1) is 17.7 Å². The molecule has 0 aromatic carbocycles. The van der Waals surface area contributed by atoms with E-state index < -0.39 is 46.6 Å². The SMILES string of the molecule is C.CCC(=O)O.CCC(O)C1C(C)CC2C1(C)CC1OC34C=CC(=O)C=C3[C@@H](F)CC2(N)[C@]14F. The van der Waals surface area contributed by atoms with Crippen molar-refractivity contribution in [1.29, 1.82) is 0 Å². The summed E-state index contributed by atoms with van der Waals surface area (Å²) in [4.78, 5) is 21.2. The third kappa shape index (κ3) is 3.14. The van der Waals surface area contributed by atoms with Gasteiger partial charge in [0, 0.05) is 18.4 Å². The van der Waals surface area contributed by atoms with Crippen molar-refractivity contribution in [1.82, 2.24) is 0 Å². The van der Waals surface area contributed by atoms with Crippen LogP contribution in [0, 0.1) is 23.2 Å². The van der Waals surface area contributed by atoms with Crippen LogP contribution >= 0.6 is 0 Å². The summed E-state index contributed by atoms with van der Waals surface area (Å²) in [6.45, 7) is 7.71. The first-order valence-electron chi connectivity index (χ1n) is 12.0. The molecule has 4 fully saturated rings. The Labute approximate surface area is 200 Å². The topological polar surface area (TPSA) is 110 Å². The second-order valence-electron chi connectivity index (χ2n) is 10.8. The zero-order chi connectivity index (χ0) is 24.6. The molecule has 5 aliphatic rings. The third-order valence-corrected chi connectivity index (χ3v) is 9.21. The molecule has 8 heteroatoms. The molecule has 34 heavy (non-hydrogen) atoms. The molecule has 10 atom stereocenters. The third-order valence-electron chi connectivity index (χ3n) is 9.21. The quantitative estimate of drug-likeness (QED) is 0.562. The molecule has 4 N–H and O–H groups in total. The number of nitrogens with two attached hydrogens (primary N) is 1. The number of hydrogen-bond donors (Lipinski definition) is 3. The summed E-state index contributed by atoms with van der Waals surface area (Å²) in [6, 6.07) is 0. The van der Waals surface area contributed by atoms with Crippen LogP contribution in [0.15, 0.2) is 23.8 Å². The fourth-order valence-corrected chi connectivity index (χ4v) is 7.94. The number of fused-ring (bicyclic) bond motifs is 2. The highest BCUT2D eigenvalue weighted by molar-refractivity contribution is 6.02. The van der Waals surface area contributed by atoms with Crippen molar-refractivity contribution in [2.24, 2.45) is 28.9 Å². The van der Waals surface area contributed by atoms with E-state index in [0.717, 1.165) is 0 Å². The molecule has 4 aliphatic carbocycles. The van der Waals surface area contributed by atoms with Gasteiger partial charge in [-0.15, -0.1) is 0 Å². The molecule has 0 bridgehead atoms. The van der Waals surface area contributed by atoms with Gasteiger partial charge in [-0.25, -0.2) is 8.78 Å². The Balaban J connectivity index is 0.000000492. The number of ether oxygens (including phenoxy) is 1. The van der Waals surface area contributed by atoms with Crippen LogP contribution in [0.2, 0.25) is 0 Å². The second-order valence-corrected chi connectivity index (χ2v) is 10.8. The number of rotatable bonds is 3. The highest BCUT2D eigenvalue weighted by Gasteiger charge is 2.86. The first-order valence-corrected chi connectivity index (χ1v) is 12.0. The molecule has 1 aliphatic heterocycles. The van der Waals surface area contributed by atoms with E-state index in [9.17, 15) is 14.7 Å². The van der Waals surface area contributed by atoms with Crippen LogP contribution < -0.4 is 5.73 Å². The van der Waals surface area contributed by atoms with E-state index in [1.807, 2.05) is 6.92 Å². The maximum absolute atomic E-state index is 16.9. The van der Waals surface area contributed by atoms with E-state index in [4.69, 9.17) is 15.6 Å². The van der Waals surface area contributed by atoms with Crippen LogP contribution in [0.3, 0.4) is 0 Å². The summed E-state index contributed by atoms with van der Waals surface area (Å²) in [5.74, 6) is -1.20. The van der Waals surface area contributed by atoms with Gasteiger partial charge in [-0.1, -0.05) is 35.1 Å². The van der Waals surface area contributed by atoms with Gasteiger partial charge in [0.2, 0.25) is 0 Å². The van der Waals surface area contributed by atoms with Crippen molar-refractivity contribution in [3.05, 3.63) is 23.8 Å². The lowest BCUT2D eigenvalue weighted by Gasteiger charge is -2.74. The zero-order valence-corrected chi connectivity index (χ0v) is 19.7. The number of alkyl halides is 2. The number of halogens is 2. The number of hydrogen-bond acceptors (Lipinski definition) is 5. The van der Waals surface area contributed by atoms with E-state index in [1.54, 1.807) is 6.92 Å². The van der Waals surface area contributed by atoms with Gasteiger partial charge in [0.25, 0.3) is 0 Å². The van der Waals surface area contributed by atoms with E-state index >= 15 is 8.78 Å². The minimum Gasteiger partial charge on any atom is -0.481 e. The molecule has 6 nitrogen and oxygen atoms in total. The monoisotopic (exact) mass is 483 g/mol. The van der Waals surface area contributed by atoms with Gasteiger partial charge in [-0.3, -0.25) is 9.59 Å². The normalized spacial score (nSPS) is 48.5. The molecule has 1 saturated heterocycles. The van der Waals surface area contributed by atoms with Gasteiger partial charge in [-0.05, 0) is 60.7 Å². The number of aliphatic hydroxyl groups excluding tert-OH is 1. The predicted molar refractivity (Wildman–Crippen MR) is 125 cm³/mol. The minimum atomic E-state index is -1.94. The Bertz CT molecular complexity index is 923. The van der Waals surface area contributed by atoms with E-state index in [2.05, 4.69) is 13.8 Å². The molecule has 0 aromatic rings. The smallest absolute Gasteiger partial charge is 0.303 e. The fourth-order valence-electron chi connectivity index (χ4n) is 7.94. The maximum Gasteiger partial charge on any atom is 0.303 e. The minimum absolute atomic E-state index is 0. The lowest BCUT2D eigenvalue weighted by atomic mass is 9.41. The Kier molecular flexibility index (Phi) is 6.73. The molecule has 5 rings (SSSR count). The van der Waals surface area contributed by atoms with Crippen LogP contribution in [0.1, 0.15) is 67.2 Å². The number of aliphatic hydroxyl groups is 1. The number of carbonyl (C=O) groups excluding carboxylic acids is 1. The van der Waals surface area contributed by atoms with Crippen LogP contribution in [0.4, 0.5) is 8.78 Å². The number of carboxylic acids is 1. The lowest BCUT2D eigenvalue weighted by Crippen LogP contribution is -2.90. The van der Waals surface area contributed by atoms with Gasteiger partial charge < -0.3 is 20.7 Å².